The van der Waals surface area contributed by atoms with Crippen molar-refractivity contribution in [1.82, 2.24) is 30.2 Å². The lowest BCUT2D eigenvalue weighted by Crippen LogP contribution is -2.44. The topological polar surface area (TPSA) is 99.6 Å². The number of nitrogens with zero attached hydrogens (tertiary/aromatic N) is 4. The highest BCUT2D eigenvalue weighted by Gasteiger charge is 2.41. The van der Waals surface area contributed by atoms with Gasteiger partial charge in [0.2, 0.25) is 11.8 Å². The predicted molar refractivity (Wildman–Crippen MR) is 89.7 cm³/mol. The molecule has 9 nitrogen and oxygen atoms in total. The molecule has 0 aliphatic carbocycles. The molecule has 9 heteroatoms. The van der Waals surface area contributed by atoms with Gasteiger partial charge >= 0.3 is 6.03 Å². The third-order valence-electron chi connectivity index (χ3n) is 5.12. The van der Waals surface area contributed by atoms with Crippen LogP contribution in [-0.4, -0.2) is 70.1 Å². The van der Waals surface area contributed by atoms with E-state index in [9.17, 15) is 14.4 Å². The molecule has 2 N–H and O–H groups in total. The van der Waals surface area contributed by atoms with Gasteiger partial charge in [0.15, 0.2) is 0 Å². The number of rotatable bonds is 4. The maximum absolute atomic E-state index is 12.2. The molecule has 1 aromatic heterocycles. The van der Waals surface area contributed by atoms with Crippen LogP contribution in [0.1, 0.15) is 29.4 Å². The fourth-order valence-corrected chi connectivity index (χ4v) is 3.69. The fraction of sp³-hybridized carbons (Fsp3) is 0.625. The molecule has 2 saturated heterocycles. The number of hydrogen-bond donors (Lipinski definition) is 2. The Balaban J connectivity index is 1.76. The summed E-state index contributed by atoms with van der Waals surface area (Å²) in [5, 5.41) is 10.2. The van der Waals surface area contributed by atoms with Gasteiger partial charge in [0.05, 0.1) is 18.3 Å². The van der Waals surface area contributed by atoms with Crippen molar-refractivity contribution in [3.05, 3.63) is 17.0 Å². The lowest BCUT2D eigenvalue weighted by Gasteiger charge is -2.26. The van der Waals surface area contributed by atoms with E-state index in [1.165, 1.54) is 4.90 Å². The van der Waals surface area contributed by atoms with Gasteiger partial charge in [-0.1, -0.05) is 0 Å². The van der Waals surface area contributed by atoms with Crippen LogP contribution >= 0.6 is 0 Å². The van der Waals surface area contributed by atoms with E-state index in [0.29, 0.717) is 19.5 Å². The van der Waals surface area contributed by atoms with Crippen molar-refractivity contribution in [3.63, 3.8) is 0 Å². The van der Waals surface area contributed by atoms with Crippen molar-refractivity contribution in [2.24, 2.45) is 7.05 Å². The van der Waals surface area contributed by atoms with Crippen molar-refractivity contribution in [2.45, 2.75) is 32.4 Å². The first kappa shape index (κ1) is 17.4. The first-order valence-electron chi connectivity index (χ1n) is 8.38. The summed E-state index contributed by atoms with van der Waals surface area (Å²) in [6, 6.07) is -0.739. The van der Waals surface area contributed by atoms with E-state index in [-0.39, 0.29) is 36.5 Å². The average molecular weight is 348 g/mol. The molecule has 2 aliphatic rings. The van der Waals surface area contributed by atoms with Crippen molar-refractivity contribution in [2.75, 3.05) is 26.7 Å². The maximum Gasteiger partial charge on any atom is 0.324 e. The van der Waals surface area contributed by atoms with Crippen molar-refractivity contribution in [3.8, 4) is 0 Å². The number of aromatic nitrogens is 2. The lowest BCUT2D eigenvalue weighted by atomic mass is 9.98. The van der Waals surface area contributed by atoms with Gasteiger partial charge in [0, 0.05) is 50.9 Å². The highest BCUT2D eigenvalue weighted by molar-refractivity contribution is 5.96. The van der Waals surface area contributed by atoms with Gasteiger partial charge in [-0.15, -0.1) is 0 Å². The monoisotopic (exact) mass is 348 g/mol. The zero-order valence-electron chi connectivity index (χ0n) is 15.0. The number of imide groups is 1. The molecule has 0 aromatic carbocycles. The van der Waals surface area contributed by atoms with Gasteiger partial charge < -0.3 is 15.5 Å². The molecule has 0 bridgehead atoms. The second-order valence-electron chi connectivity index (χ2n) is 6.63. The van der Waals surface area contributed by atoms with Crippen LogP contribution in [0.15, 0.2) is 0 Å². The molecule has 136 valence electrons. The number of urea groups is 1. The Labute approximate surface area is 146 Å². The van der Waals surface area contributed by atoms with Crippen LogP contribution in [0.3, 0.4) is 0 Å². The third kappa shape index (κ3) is 2.99. The van der Waals surface area contributed by atoms with Crippen LogP contribution in [0.5, 0.6) is 0 Å². The van der Waals surface area contributed by atoms with Crippen LogP contribution in [0.2, 0.25) is 0 Å². The zero-order chi connectivity index (χ0) is 18.3. The van der Waals surface area contributed by atoms with Crippen molar-refractivity contribution in [1.29, 1.82) is 0 Å². The summed E-state index contributed by atoms with van der Waals surface area (Å²) in [4.78, 5) is 39.0. The Kier molecular flexibility index (Phi) is 4.51. The number of nitrogens with one attached hydrogen (secondary N) is 2. The van der Waals surface area contributed by atoms with E-state index in [4.69, 9.17) is 0 Å². The molecule has 2 fully saturated rings. The molecule has 3 rings (SSSR count). The summed E-state index contributed by atoms with van der Waals surface area (Å²) in [6.07, 6.45) is 0.314. The summed E-state index contributed by atoms with van der Waals surface area (Å²) in [6.45, 7) is 4.78. The molecule has 25 heavy (non-hydrogen) atoms. The molecular formula is C16H24N6O3. The van der Waals surface area contributed by atoms with E-state index in [0.717, 1.165) is 17.0 Å². The molecule has 1 aromatic rings. The summed E-state index contributed by atoms with van der Waals surface area (Å²) in [7, 11) is 3.65. The second kappa shape index (κ2) is 6.47. The van der Waals surface area contributed by atoms with E-state index < -0.39 is 0 Å². The molecule has 0 unspecified atom stereocenters. The number of likely N-dealkylation sites (N-methyl/N-ethyl adjacent to an activating group) is 1. The van der Waals surface area contributed by atoms with E-state index in [1.807, 2.05) is 20.9 Å². The summed E-state index contributed by atoms with van der Waals surface area (Å²) < 4.78 is 1.80. The van der Waals surface area contributed by atoms with E-state index in [2.05, 4.69) is 15.7 Å². The van der Waals surface area contributed by atoms with Gasteiger partial charge in [0.25, 0.3) is 0 Å². The standard InChI is InChI=1S/C16H24N6O3/c1-9-14(10(2)21(4)19-9)15-11(7-12(23)20(15)3)18-8-13(24)22-6-5-17-16(22)25/h11,15,18H,5-8H2,1-4H3,(H,17,25)/t11-,15-/m1/s1. The maximum atomic E-state index is 12.2. The van der Waals surface area contributed by atoms with Gasteiger partial charge in [-0.25, -0.2) is 4.79 Å². The Morgan fingerprint density at radius 2 is 2.04 bits per heavy atom. The molecule has 2 aliphatic heterocycles. The van der Waals surface area contributed by atoms with Gasteiger partial charge in [0.1, 0.15) is 0 Å². The SMILES string of the molecule is Cc1nn(C)c(C)c1[C@H]1[C@H](NCC(=O)N2CCNC2=O)CC(=O)N1C. The van der Waals surface area contributed by atoms with Crippen LogP contribution < -0.4 is 10.6 Å². The lowest BCUT2D eigenvalue weighted by molar-refractivity contribution is -0.128. The van der Waals surface area contributed by atoms with Crippen LogP contribution in [0.4, 0.5) is 4.79 Å². The number of aryl methyl sites for hydroxylation is 2. The second-order valence-corrected chi connectivity index (χ2v) is 6.63. The first-order chi connectivity index (χ1) is 11.8. The Morgan fingerprint density at radius 1 is 1.32 bits per heavy atom. The normalized spacial score (nSPS) is 23.5. The highest BCUT2D eigenvalue weighted by atomic mass is 16.2. The fourth-order valence-electron chi connectivity index (χ4n) is 3.69. The molecule has 2 atom stereocenters. The van der Waals surface area contributed by atoms with Crippen LogP contribution in [0, 0.1) is 13.8 Å². The number of carbonyl (C=O) groups is 3. The molecule has 4 amide bonds. The van der Waals surface area contributed by atoms with Gasteiger partial charge in [-0.05, 0) is 13.8 Å². The molecule has 3 heterocycles. The number of hydrogen-bond acceptors (Lipinski definition) is 5. The number of carbonyl (C=O) groups excluding carboxylic acids is 3. The summed E-state index contributed by atoms with van der Waals surface area (Å²) in [5.41, 5.74) is 2.89. The summed E-state index contributed by atoms with van der Waals surface area (Å²) >= 11 is 0. The smallest absolute Gasteiger partial charge is 0.324 e. The zero-order valence-corrected chi connectivity index (χ0v) is 15.0. The Morgan fingerprint density at radius 3 is 2.60 bits per heavy atom. The van der Waals surface area contributed by atoms with Crippen LogP contribution in [0.25, 0.3) is 0 Å². The van der Waals surface area contributed by atoms with Crippen LogP contribution in [-0.2, 0) is 16.6 Å². The van der Waals surface area contributed by atoms with E-state index in [1.54, 1.807) is 16.6 Å². The Hall–Kier alpha value is -2.42. The predicted octanol–water partition coefficient (Wildman–Crippen LogP) is -0.550. The average Bonchev–Trinajstić information content (AvgIpc) is 3.17. The quantitative estimate of drug-likeness (QED) is 0.761. The van der Waals surface area contributed by atoms with Crippen molar-refractivity contribution < 1.29 is 14.4 Å². The Bertz CT molecular complexity index is 728. The molecule has 0 saturated carbocycles. The molecule has 0 radical (unpaired) electrons. The molecular weight excluding hydrogens is 324 g/mol. The number of amides is 4. The summed E-state index contributed by atoms with van der Waals surface area (Å²) in [5.74, 6) is -0.257. The number of likely N-dealkylation sites (tertiary alicyclic amines) is 1. The third-order valence-corrected chi connectivity index (χ3v) is 5.12. The van der Waals surface area contributed by atoms with Crippen molar-refractivity contribution >= 4 is 17.8 Å². The molecule has 0 spiro atoms. The van der Waals surface area contributed by atoms with E-state index >= 15 is 0 Å². The van der Waals surface area contributed by atoms with Gasteiger partial charge in [-0.3, -0.25) is 19.2 Å². The minimum absolute atomic E-state index is 0.0219. The first-order valence-corrected chi connectivity index (χ1v) is 8.38. The minimum atomic E-state index is -0.359. The highest BCUT2D eigenvalue weighted by Crippen LogP contribution is 2.35. The van der Waals surface area contributed by atoms with Gasteiger partial charge in [-0.2, -0.15) is 5.10 Å². The largest absolute Gasteiger partial charge is 0.337 e. The minimum Gasteiger partial charge on any atom is -0.337 e.